The molecule has 2 aromatic rings. The molecule has 1 atom stereocenters. The molecule has 2 rings (SSSR count). The summed E-state index contributed by atoms with van der Waals surface area (Å²) in [6.45, 7) is 1.16. The Bertz CT molecular complexity index is 968. The summed E-state index contributed by atoms with van der Waals surface area (Å²) in [7, 11) is 0. The van der Waals surface area contributed by atoms with Gasteiger partial charge in [0.15, 0.2) is 0 Å². The molecule has 11 heteroatoms. The third-order valence-electron chi connectivity index (χ3n) is 4.38. The standard InChI is InChI=1S/C21H22F3N3O4S/c1-14-7-9-17(10-8-14)25-19(28)12-32-15(2)20(29)26(13-21(22,23)24)11-16-5-3-4-6-18(16)27(30)31/h3-10,15H,11-13H2,1-2H3,(H,25,28). The van der Waals surface area contributed by atoms with Crippen LogP contribution in [-0.2, 0) is 16.1 Å². The summed E-state index contributed by atoms with van der Waals surface area (Å²) in [5, 5.41) is 12.9. The zero-order valence-electron chi connectivity index (χ0n) is 17.4. The van der Waals surface area contributed by atoms with Crippen LogP contribution >= 0.6 is 11.8 Å². The zero-order chi connectivity index (χ0) is 23.9. The van der Waals surface area contributed by atoms with Gasteiger partial charge in [-0.05, 0) is 26.0 Å². The molecule has 0 spiro atoms. The van der Waals surface area contributed by atoms with Gasteiger partial charge in [0.05, 0.1) is 22.5 Å². The Kier molecular flexibility index (Phi) is 8.64. The summed E-state index contributed by atoms with van der Waals surface area (Å²) >= 11 is 0.886. The van der Waals surface area contributed by atoms with Crippen LogP contribution in [0.3, 0.4) is 0 Å². The highest BCUT2D eigenvalue weighted by Gasteiger charge is 2.35. The van der Waals surface area contributed by atoms with Gasteiger partial charge in [-0.15, -0.1) is 11.8 Å². The number of nitrogens with one attached hydrogen (secondary N) is 1. The van der Waals surface area contributed by atoms with E-state index in [2.05, 4.69) is 5.32 Å². The molecule has 0 saturated heterocycles. The lowest BCUT2D eigenvalue weighted by Gasteiger charge is -2.26. The number of benzene rings is 2. The largest absolute Gasteiger partial charge is 0.406 e. The number of nitro groups is 1. The number of amides is 2. The highest BCUT2D eigenvalue weighted by molar-refractivity contribution is 8.01. The third-order valence-corrected chi connectivity index (χ3v) is 5.51. The summed E-state index contributed by atoms with van der Waals surface area (Å²) in [4.78, 5) is 35.8. The van der Waals surface area contributed by atoms with Gasteiger partial charge in [0.1, 0.15) is 6.54 Å². The molecule has 0 saturated carbocycles. The average Bonchev–Trinajstić information content (AvgIpc) is 2.72. The first-order chi connectivity index (χ1) is 15.0. The van der Waals surface area contributed by atoms with E-state index in [0.717, 1.165) is 17.3 Å². The summed E-state index contributed by atoms with van der Waals surface area (Å²) in [6, 6.07) is 12.4. The van der Waals surface area contributed by atoms with Gasteiger partial charge in [0, 0.05) is 17.3 Å². The Morgan fingerprint density at radius 3 is 2.38 bits per heavy atom. The Morgan fingerprint density at radius 1 is 1.16 bits per heavy atom. The molecule has 2 amide bonds. The number of carbonyl (C=O) groups excluding carboxylic acids is 2. The van der Waals surface area contributed by atoms with Gasteiger partial charge in [-0.1, -0.05) is 35.9 Å². The number of halogens is 3. The van der Waals surface area contributed by atoms with E-state index < -0.39 is 41.3 Å². The van der Waals surface area contributed by atoms with Crippen molar-refractivity contribution in [3.05, 3.63) is 69.8 Å². The van der Waals surface area contributed by atoms with E-state index in [1.165, 1.54) is 31.2 Å². The number of para-hydroxylation sites is 1. The van der Waals surface area contributed by atoms with E-state index >= 15 is 0 Å². The van der Waals surface area contributed by atoms with Crippen LogP contribution in [0.4, 0.5) is 24.5 Å². The second-order valence-corrected chi connectivity index (χ2v) is 8.39. The highest BCUT2D eigenvalue weighted by atomic mass is 32.2. The lowest BCUT2D eigenvalue weighted by Crippen LogP contribution is -2.42. The van der Waals surface area contributed by atoms with Crippen LogP contribution in [0, 0.1) is 17.0 Å². The minimum absolute atomic E-state index is 0.00980. The van der Waals surface area contributed by atoms with Crippen molar-refractivity contribution in [3.63, 3.8) is 0 Å². The molecule has 1 N–H and O–H groups in total. The van der Waals surface area contributed by atoms with E-state index in [1.54, 1.807) is 12.1 Å². The van der Waals surface area contributed by atoms with Crippen molar-refractivity contribution in [2.24, 2.45) is 0 Å². The first kappa shape index (κ1) is 25.2. The topological polar surface area (TPSA) is 92.6 Å². The van der Waals surface area contributed by atoms with Crippen molar-refractivity contribution in [3.8, 4) is 0 Å². The van der Waals surface area contributed by atoms with Crippen molar-refractivity contribution < 1.29 is 27.7 Å². The van der Waals surface area contributed by atoms with Crippen LogP contribution in [0.15, 0.2) is 48.5 Å². The predicted octanol–water partition coefficient (Wildman–Crippen LogP) is 4.55. The van der Waals surface area contributed by atoms with E-state index in [0.29, 0.717) is 10.6 Å². The number of nitro benzene ring substituents is 1. The Morgan fingerprint density at radius 2 is 1.78 bits per heavy atom. The maximum absolute atomic E-state index is 13.1. The molecular weight excluding hydrogens is 447 g/mol. The molecule has 0 aliphatic heterocycles. The summed E-state index contributed by atoms with van der Waals surface area (Å²) in [5.74, 6) is -1.42. The Hall–Kier alpha value is -3.08. The minimum atomic E-state index is -4.69. The van der Waals surface area contributed by atoms with Gasteiger partial charge in [-0.3, -0.25) is 19.7 Å². The van der Waals surface area contributed by atoms with Gasteiger partial charge >= 0.3 is 6.18 Å². The highest BCUT2D eigenvalue weighted by Crippen LogP contribution is 2.25. The molecule has 0 radical (unpaired) electrons. The smallest absolute Gasteiger partial charge is 0.328 e. The molecule has 0 fully saturated rings. The van der Waals surface area contributed by atoms with Crippen molar-refractivity contribution in [2.45, 2.75) is 31.8 Å². The fourth-order valence-electron chi connectivity index (χ4n) is 2.82. The molecule has 7 nitrogen and oxygen atoms in total. The fraction of sp³-hybridized carbons (Fsp3) is 0.333. The first-order valence-electron chi connectivity index (χ1n) is 9.52. The molecule has 0 aliphatic carbocycles. The molecule has 0 bridgehead atoms. The molecule has 2 aromatic carbocycles. The summed E-state index contributed by atoms with van der Waals surface area (Å²) in [6.07, 6.45) is -4.69. The van der Waals surface area contributed by atoms with Crippen molar-refractivity contribution in [2.75, 3.05) is 17.6 Å². The number of rotatable bonds is 9. The second kappa shape index (κ2) is 11.0. The van der Waals surface area contributed by atoms with E-state index in [1.807, 2.05) is 19.1 Å². The molecule has 0 heterocycles. The number of hydrogen-bond donors (Lipinski definition) is 1. The number of thioether (sulfide) groups is 1. The molecule has 0 aromatic heterocycles. The predicted molar refractivity (Wildman–Crippen MR) is 116 cm³/mol. The van der Waals surface area contributed by atoms with Crippen LogP contribution in [0.1, 0.15) is 18.1 Å². The molecule has 0 aliphatic rings. The molecule has 172 valence electrons. The zero-order valence-corrected chi connectivity index (χ0v) is 18.2. The molecule has 32 heavy (non-hydrogen) atoms. The number of alkyl halides is 3. The van der Waals surface area contributed by atoms with Gasteiger partial charge in [-0.2, -0.15) is 13.2 Å². The van der Waals surface area contributed by atoms with E-state index in [4.69, 9.17) is 0 Å². The van der Waals surface area contributed by atoms with E-state index in [-0.39, 0.29) is 17.0 Å². The lowest BCUT2D eigenvalue weighted by atomic mass is 10.1. The summed E-state index contributed by atoms with van der Waals surface area (Å²) < 4.78 is 39.2. The molecular formula is C21H22F3N3O4S. The van der Waals surface area contributed by atoms with E-state index in [9.17, 15) is 32.9 Å². The van der Waals surface area contributed by atoms with Gasteiger partial charge in [0.2, 0.25) is 11.8 Å². The van der Waals surface area contributed by atoms with Crippen LogP contribution in [0.25, 0.3) is 0 Å². The molecule has 1 unspecified atom stereocenters. The van der Waals surface area contributed by atoms with Crippen molar-refractivity contribution >= 4 is 35.0 Å². The number of anilines is 1. The first-order valence-corrected chi connectivity index (χ1v) is 10.6. The quantitative estimate of drug-likeness (QED) is 0.430. The van der Waals surface area contributed by atoms with Crippen molar-refractivity contribution in [1.29, 1.82) is 0 Å². The normalized spacial score (nSPS) is 12.2. The van der Waals surface area contributed by atoms with Crippen LogP contribution < -0.4 is 5.32 Å². The Balaban J connectivity index is 2.05. The van der Waals surface area contributed by atoms with Crippen molar-refractivity contribution in [1.82, 2.24) is 4.90 Å². The number of hydrogen-bond acceptors (Lipinski definition) is 5. The maximum atomic E-state index is 13.1. The number of aryl methyl sites for hydroxylation is 1. The minimum Gasteiger partial charge on any atom is -0.328 e. The fourth-order valence-corrected chi connectivity index (χ4v) is 3.58. The monoisotopic (exact) mass is 469 g/mol. The maximum Gasteiger partial charge on any atom is 0.406 e. The van der Waals surface area contributed by atoms with Gasteiger partial charge in [0.25, 0.3) is 5.69 Å². The lowest BCUT2D eigenvalue weighted by molar-refractivity contribution is -0.385. The van der Waals surface area contributed by atoms with Crippen LogP contribution in [-0.4, -0.2) is 45.4 Å². The van der Waals surface area contributed by atoms with Gasteiger partial charge < -0.3 is 10.2 Å². The summed E-state index contributed by atoms with van der Waals surface area (Å²) in [5.41, 5.74) is 1.20. The van der Waals surface area contributed by atoms with Crippen LogP contribution in [0.5, 0.6) is 0 Å². The van der Waals surface area contributed by atoms with Gasteiger partial charge in [-0.25, -0.2) is 0 Å². The number of carbonyl (C=O) groups is 2. The SMILES string of the molecule is Cc1ccc(NC(=O)CSC(C)C(=O)N(Cc2ccccc2[N+](=O)[O-])CC(F)(F)F)cc1. The Labute approximate surface area is 187 Å². The number of nitrogens with zero attached hydrogens (tertiary/aromatic N) is 2. The second-order valence-electron chi connectivity index (χ2n) is 7.06. The van der Waals surface area contributed by atoms with Crippen LogP contribution in [0.2, 0.25) is 0 Å². The average molecular weight is 469 g/mol. The third kappa shape index (κ3) is 7.88.